The minimum Gasteiger partial charge on any atom is -0.466 e. The molecular weight excluding hydrogens is 495 g/mol. The second-order valence-electron chi connectivity index (χ2n) is 7.21. The molecule has 0 saturated carbocycles. The molecule has 2 N–H and O–H groups in total. The third-order valence-electron chi connectivity index (χ3n) is 4.77. The molecule has 2 rings (SSSR count). The van der Waals surface area contributed by atoms with Crippen LogP contribution in [-0.2, 0) is 20.9 Å². The van der Waals surface area contributed by atoms with Gasteiger partial charge in [0.1, 0.15) is 0 Å². The molecule has 1 saturated heterocycles. The molecule has 1 atom stereocenters. The van der Waals surface area contributed by atoms with E-state index in [4.69, 9.17) is 9.73 Å². The number of likely N-dealkylation sites (tertiary alicyclic amines) is 1. The largest absolute Gasteiger partial charge is 0.466 e. The lowest BCUT2D eigenvalue weighted by molar-refractivity contribution is -0.149. The Kier molecular flexibility index (Phi) is 12.4. The summed E-state index contributed by atoms with van der Waals surface area (Å²) in [6.45, 7) is 9.02. The van der Waals surface area contributed by atoms with E-state index in [0.29, 0.717) is 26.1 Å². The van der Waals surface area contributed by atoms with Crippen molar-refractivity contribution in [1.29, 1.82) is 0 Å². The maximum atomic E-state index is 12.1. The third-order valence-corrected chi connectivity index (χ3v) is 4.77. The summed E-state index contributed by atoms with van der Waals surface area (Å²) >= 11 is 0. The van der Waals surface area contributed by atoms with Crippen molar-refractivity contribution in [2.24, 2.45) is 10.9 Å². The second-order valence-corrected chi connectivity index (χ2v) is 7.21. The highest BCUT2D eigenvalue weighted by atomic mass is 127. The lowest BCUT2D eigenvalue weighted by atomic mass is 9.98. The fraction of sp³-hybridized carbons (Fsp3) is 0.591. The van der Waals surface area contributed by atoms with Crippen molar-refractivity contribution in [3.8, 4) is 0 Å². The number of halogens is 1. The highest BCUT2D eigenvalue weighted by molar-refractivity contribution is 14.0. The van der Waals surface area contributed by atoms with Crippen LogP contribution in [0.15, 0.2) is 29.3 Å². The van der Waals surface area contributed by atoms with Gasteiger partial charge in [0.05, 0.1) is 19.1 Å². The van der Waals surface area contributed by atoms with Crippen LogP contribution in [0.25, 0.3) is 0 Å². The van der Waals surface area contributed by atoms with Crippen molar-refractivity contribution in [3.63, 3.8) is 0 Å². The molecule has 1 aromatic rings. The predicted molar refractivity (Wildman–Crippen MR) is 131 cm³/mol. The number of aliphatic imine (C=N–C) groups is 1. The molecule has 0 aromatic heterocycles. The van der Waals surface area contributed by atoms with Crippen LogP contribution < -0.4 is 10.6 Å². The molecule has 0 bridgehead atoms. The second kappa shape index (κ2) is 14.2. The van der Waals surface area contributed by atoms with Gasteiger partial charge in [-0.05, 0) is 50.8 Å². The fourth-order valence-electron chi connectivity index (χ4n) is 3.41. The smallest absolute Gasteiger partial charge is 0.310 e. The van der Waals surface area contributed by atoms with Crippen molar-refractivity contribution >= 4 is 47.5 Å². The number of rotatable bonds is 8. The van der Waals surface area contributed by atoms with Gasteiger partial charge in [-0.1, -0.05) is 19.1 Å². The highest BCUT2D eigenvalue weighted by Gasteiger charge is 2.28. The Labute approximate surface area is 197 Å². The Balaban J connectivity index is 0.00000450. The number of hydrogen-bond acceptors (Lipinski definition) is 4. The normalized spacial score (nSPS) is 16.4. The number of carbonyl (C=O) groups excluding carboxylic acids is 2. The summed E-state index contributed by atoms with van der Waals surface area (Å²) in [5, 5.41) is 6.26. The summed E-state index contributed by atoms with van der Waals surface area (Å²) in [6, 6.07) is 7.77. The summed E-state index contributed by atoms with van der Waals surface area (Å²) in [6.07, 6.45) is 3.13. The summed E-state index contributed by atoms with van der Waals surface area (Å²) < 4.78 is 5.20. The number of hydrogen-bond donors (Lipinski definition) is 2. The van der Waals surface area contributed by atoms with Gasteiger partial charge in [-0.25, -0.2) is 4.99 Å². The highest BCUT2D eigenvalue weighted by Crippen LogP contribution is 2.19. The molecule has 1 heterocycles. The molecule has 0 spiro atoms. The van der Waals surface area contributed by atoms with Crippen LogP contribution >= 0.6 is 24.0 Å². The Morgan fingerprint density at radius 2 is 2.07 bits per heavy atom. The number of piperidine rings is 1. The van der Waals surface area contributed by atoms with Gasteiger partial charge in [0.15, 0.2) is 5.96 Å². The topological polar surface area (TPSA) is 83.0 Å². The van der Waals surface area contributed by atoms with Crippen LogP contribution in [0.1, 0.15) is 52.0 Å². The lowest BCUT2D eigenvalue weighted by Gasteiger charge is -2.34. The predicted octanol–water partition coefficient (Wildman–Crippen LogP) is 3.78. The Morgan fingerprint density at radius 3 is 2.77 bits per heavy atom. The fourth-order valence-corrected chi connectivity index (χ4v) is 3.41. The average molecular weight is 530 g/mol. The van der Waals surface area contributed by atoms with Gasteiger partial charge >= 0.3 is 5.97 Å². The van der Waals surface area contributed by atoms with Crippen LogP contribution in [-0.4, -0.2) is 49.0 Å². The monoisotopic (exact) mass is 530 g/mol. The van der Waals surface area contributed by atoms with Gasteiger partial charge in [0.25, 0.3) is 0 Å². The average Bonchev–Trinajstić information content (AvgIpc) is 2.72. The molecule has 8 heteroatoms. The van der Waals surface area contributed by atoms with Crippen molar-refractivity contribution in [2.45, 2.75) is 53.0 Å². The molecule has 1 amide bonds. The number of carbonyl (C=O) groups is 2. The van der Waals surface area contributed by atoms with Crippen LogP contribution in [0.4, 0.5) is 5.69 Å². The number of nitrogens with one attached hydrogen (secondary N) is 2. The van der Waals surface area contributed by atoms with E-state index < -0.39 is 0 Å². The molecule has 0 radical (unpaired) electrons. The molecule has 1 aromatic carbocycles. The van der Waals surface area contributed by atoms with Gasteiger partial charge in [0, 0.05) is 31.7 Å². The first-order chi connectivity index (χ1) is 14.1. The Hall–Kier alpha value is -1.84. The Morgan fingerprint density at radius 1 is 1.27 bits per heavy atom. The van der Waals surface area contributed by atoms with E-state index >= 15 is 0 Å². The summed E-state index contributed by atoms with van der Waals surface area (Å²) in [4.78, 5) is 30.9. The van der Waals surface area contributed by atoms with Gasteiger partial charge in [-0.3, -0.25) is 9.59 Å². The summed E-state index contributed by atoms with van der Waals surface area (Å²) in [7, 11) is 0. The van der Waals surface area contributed by atoms with E-state index in [1.165, 1.54) is 0 Å². The quantitative estimate of drug-likeness (QED) is 0.231. The number of anilines is 1. The van der Waals surface area contributed by atoms with Crippen molar-refractivity contribution in [2.75, 3.05) is 31.6 Å². The molecule has 1 aliphatic heterocycles. The minimum atomic E-state index is -0.122. The van der Waals surface area contributed by atoms with Gasteiger partial charge < -0.3 is 20.3 Å². The van der Waals surface area contributed by atoms with Gasteiger partial charge in [0.2, 0.25) is 5.91 Å². The van der Waals surface area contributed by atoms with E-state index in [2.05, 4.69) is 15.5 Å². The number of esters is 1. The first-order valence-electron chi connectivity index (χ1n) is 10.7. The lowest BCUT2D eigenvalue weighted by Crippen LogP contribution is -2.48. The van der Waals surface area contributed by atoms with Crippen LogP contribution in [0.5, 0.6) is 0 Å². The molecule has 1 unspecified atom stereocenters. The maximum Gasteiger partial charge on any atom is 0.310 e. The Bertz CT molecular complexity index is 711. The zero-order valence-corrected chi connectivity index (χ0v) is 20.6. The molecular formula is C22H35IN4O3. The number of nitrogens with zero attached hydrogens (tertiary/aromatic N) is 2. The summed E-state index contributed by atoms with van der Waals surface area (Å²) in [5.41, 5.74) is 1.81. The van der Waals surface area contributed by atoms with Crippen molar-refractivity contribution in [1.82, 2.24) is 10.2 Å². The molecule has 0 aliphatic carbocycles. The first-order valence-corrected chi connectivity index (χ1v) is 10.7. The van der Waals surface area contributed by atoms with Crippen LogP contribution in [0.2, 0.25) is 0 Å². The summed E-state index contributed by atoms with van der Waals surface area (Å²) in [5.74, 6) is 0.606. The third kappa shape index (κ3) is 8.49. The molecule has 168 valence electrons. The number of ether oxygens (including phenoxy) is 1. The standard InChI is InChI=1S/C22H34N4O3.HI/c1-4-9-20(27)25-19-12-7-10-17(14-19)15-24-22(23-5-2)26-13-8-11-18(16-26)21(28)29-6-3;/h7,10,12,14,18H,4-6,8-9,11,13,15-16H2,1-3H3,(H,23,24)(H,25,27);1H. The van der Waals surface area contributed by atoms with Crippen LogP contribution in [0.3, 0.4) is 0 Å². The van der Waals surface area contributed by atoms with Gasteiger partial charge in [-0.2, -0.15) is 0 Å². The molecule has 7 nitrogen and oxygen atoms in total. The van der Waals surface area contributed by atoms with Gasteiger partial charge in [-0.15, -0.1) is 24.0 Å². The zero-order chi connectivity index (χ0) is 21.1. The van der Waals surface area contributed by atoms with Crippen molar-refractivity contribution < 1.29 is 14.3 Å². The van der Waals surface area contributed by atoms with E-state index in [1.54, 1.807) is 0 Å². The van der Waals surface area contributed by atoms with E-state index in [9.17, 15) is 9.59 Å². The SMILES string of the molecule is CCCC(=O)Nc1cccc(CN=C(NCC)N2CCCC(C(=O)OCC)C2)c1.I. The maximum absolute atomic E-state index is 12.1. The van der Waals surface area contributed by atoms with Crippen molar-refractivity contribution in [3.05, 3.63) is 29.8 Å². The first kappa shape index (κ1) is 26.2. The molecule has 1 fully saturated rings. The number of guanidine groups is 1. The van der Waals surface area contributed by atoms with E-state index in [-0.39, 0.29) is 41.8 Å². The number of benzene rings is 1. The minimum absolute atomic E-state index is 0. The number of amides is 1. The van der Waals surface area contributed by atoms with E-state index in [0.717, 1.165) is 49.6 Å². The molecule has 30 heavy (non-hydrogen) atoms. The molecule has 1 aliphatic rings. The van der Waals surface area contributed by atoms with E-state index in [1.807, 2.05) is 45.0 Å². The zero-order valence-electron chi connectivity index (χ0n) is 18.3. The van der Waals surface area contributed by atoms with Crippen LogP contribution in [0, 0.1) is 5.92 Å².